The molecule has 18 heavy (non-hydrogen) atoms. The molecule has 1 heterocycles. The molecule has 1 rings (SSSR count). The van der Waals surface area contributed by atoms with Crippen LogP contribution < -0.4 is 10.6 Å². The number of hydrogen-bond acceptors (Lipinski definition) is 3. The van der Waals surface area contributed by atoms with E-state index in [1.54, 1.807) is 0 Å². The van der Waals surface area contributed by atoms with Gasteiger partial charge in [-0.05, 0) is 32.6 Å². The van der Waals surface area contributed by atoms with Crippen molar-refractivity contribution in [3.8, 4) is 0 Å². The molecule has 3 N–H and O–H groups in total. The summed E-state index contributed by atoms with van der Waals surface area (Å²) in [5.74, 6) is 0. The molecule has 1 saturated heterocycles. The molecule has 1 fully saturated rings. The van der Waals surface area contributed by atoms with E-state index < -0.39 is 0 Å². The molecular weight excluding hydrogens is 309 g/mol. The molecule has 1 aliphatic heterocycles. The molecule has 7 heteroatoms. The zero-order valence-electron chi connectivity index (χ0n) is 11.6. The summed E-state index contributed by atoms with van der Waals surface area (Å²) in [5, 5.41) is 18.2. The molecule has 112 valence electrons. The summed E-state index contributed by atoms with van der Waals surface area (Å²) in [6, 6.07) is 0. The van der Waals surface area contributed by atoms with E-state index in [-0.39, 0.29) is 54.0 Å². The van der Waals surface area contributed by atoms with E-state index >= 15 is 0 Å². The zero-order chi connectivity index (χ0) is 10.5. The molecule has 0 amide bonds. The molecule has 0 aromatic carbocycles. The quantitative estimate of drug-likeness (QED) is 0.465. The van der Waals surface area contributed by atoms with Crippen molar-refractivity contribution in [1.29, 1.82) is 0 Å². The molecule has 4 nitrogen and oxygen atoms in total. The largest absolute Gasteiger partial charge is 2.00 e. The monoisotopic (exact) mass is 337 g/mol. The molecular formula is C11H29Cl2N3OTi. The Bertz CT molecular complexity index is 73.3. The second kappa shape index (κ2) is 30.9. The first-order chi connectivity index (χ1) is 7.00. The van der Waals surface area contributed by atoms with E-state index in [0.29, 0.717) is 0 Å². The van der Waals surface area contributed by atoms with Crippen LogP contribution in [-0.2, 0) is 21.7 Å². The Morgan fingerprint density at radius 3 is 1.50 bits per heavy atom. The van der Waals surface area contributed by atoms with Gasteiger partial charge in [0.05, 0.1) is 0 Å². The van der Waals surface area contributed by atoms with Gasteiger partial charge in [0, 0.05) is 7.11 Å². The third-order valence-corrected chi connectivity index (χ3v) is 2.05. The first kappa shape index (κ1) is 31.5. The van der Waals surface area contributed by atoms with Crippen LogP contribution in [0.2, 0.25) is 0 Å². The number of nitrogens with one attached hydrogen (secondary N) is 2. The number of aliphatic hydroxyl groups is 1. The van der Waals surface area contributed by atoms with Gasteiger partial charge in [0.1, 0.15) is 0 Å². The minimum Gasteiger partial charge on any atom is -0.662 e. The van der Waals surface area contributed by atoms with Crippen molar-refractivity contribution in [2.45, 2.75) is 19.3 Å². The smallest absolute Gasteiger partial charge is 0.662 e. The normalized spacial score (nSPS) is 16.3. The summed E-state index contributed by atoms with van der Waals surface area (Å²) >= 11 is 0. The Hall–Kier alpha value is 1.13. The second-order valence-corrected chi connectivity index (χ2v) is 3.23. The minimum atomic E-state index is 0. The van der Waals surface area contributed by atoms with Crippen molar-refractivity contribution in [3.05, 3.63) is 12.7 Å². The molecule has 0 radical (unpaired) electrons. The number of halogens is 2. The van der Waals surface area contributed by atoms with Crippen LogP contribution in [0.5, 0.6) is 0 Å². The van der Waals surface area contributed by atoms with E-state index in [2.05, 4.69) is 16.0 Å². The summed E-state index contributed by atoms with van der Waals surface area (Å²) in [5.41, 5.74) is 0. The van der Waals surface area contributed by atoms with Crippen LogP contribution in [0.3, 0.4) is 0 Å². The maximum absolute atomic E-state index is 7.00. The Kier molecular flexibility index (Phi) is 54.0. The Morgan fingerprint density at radius 2 is 1.11 bits per heavy atom. The van der Waals surface area contributed by atoms with Gasteiger partial charge in [0.25, 0.3) is 0 Å². The minimum absolute atomic E-state index is 0. The maximum atomic E-state index is 7.00. The molecule has 0 saturated carbocycles. The van der Waals surface area contributed by atoms with Crippen molar-refractivity contribution in [3.63, 3.8) is 0 Å². The van der Waals surface area contributed by atoms with Crippen LogP contribution in [0.4, 0.5) is 0 Å². The number of aliphatic hydroxyl groups excluding tert-OH is 1. The third-order valence-electron chi connectivity index (χ3n) is 2.05. The first-order valence-corrected chi connectivity index (χ1v) is 5.49. The maximum Gasteiger partial charge on any atom is 2.00 e. The molecule has 0 aliphatic carbocycles. The van der Waals surface area contributed by atoms with E-state index in [1.807, 2.05) is 0 Å². The van der Waals surface area contributed by atoms with Gasteiger partial charge in [0.15, 0.2) is 0 Å². The Morgan fingerprint density at radius 1 is 0.778 bits per heavy atom. The number of nitrogens with zero attached hydrogens (tertiary/aromatic N) is 1. The molecule has 1 aliphatic rings. The van der Waals surface area contributed by atoms with Crippen LogP contribution in [0, 0.1) is 7.43 Å². The fourth-order valence-electron chi connectivity index (χ4n) is 1.33. The van der Waals surface area contributed by atoms with Gasteiger partial charge in [-0.25, -0.2) is 0 Å². The fourth-order valence-corrected chi connectivity index (χ4v) is 1.33. The van der Waals surface area contributed by atoms with Gasteiger partial charge in [-0.3, -0.25) is 0 Å². The number of rotatable bonds is 0. The first-order valence-electron chi connectivity index (χ1n) is 5.49. The van der Waals surface area contributed by atoms with Gasteiger partial charge >= 0.3 is 21.7 Å². The predicted molar refractivity (Wildman–Crippen MR) is 81.7 cm³/mol. The van der Waals surface area contributed by atoms with Crippen molar-refractivity contribution in [2.24, 2.45) is 0 Å². The molecule has 0 bridgehead atoms. The van der Waals surface area contributed by atoms with E-state index in [9.17, 15) is 0 Å². The van der Waals surface area contributed by atoms with Crippen molar-refractivity contribution >= 4 is 24.8 Å². The predicted octanol–water partition coefficient (Wildman–Crippen LogP) is 1.62. The van der Waals surface area contributed by atoms with Crippen LogP contribution in [-0.4, -0.2) is 51.5 Å². The van der Waals surface area contributed by atoms with Gasteiger partial charge < -0.3 is 28.5 Å². The van der Waals surface area contributed by atoms with Crippen LogP contribution in [0.25, 0.3) is 5.32 Å². The van der Waals surface area contributed by atoms with E-state index in [4.69, 9.17) is 5.11 Å². The molecule has 0 aromatic rings. The van der Waals surface area contributed by atoms with Crippen LogP contribution >= 0.6 is 24.8 Å². The van der Waals surface area contributed by atoms with E-state index in [0.717, 1.165) is 46.4 Å². The Labute approximate surface area is 140 Å². The second-order valence-electron chi connectivity index (χ2n) is 3.23. The van der Waals surface area contributed by atoms with Crippen LogP contribution in [0.1, 0.15) is 19.3 Å². The average Bonchev–Trinajstić information content (AvgIpc) is 2.22. The molecule has 0 aromatic heterocycles. The summed E-state index contributed by atoms with van der Waals surface area (Å²) in [7, 11) is 1.00. The fraction of sp³-hybridized carbons (Fsp3) is 0.909. The molecule has 0 spiro atoms. The summed E-state index contributed by atoms with van der Waals surface area (Å²) in [4.78, 5) is 0. The van der Waals surface area contributed by atoms with Gasteiger partial charge in [-0.2, -0.15) is 0 Å². The summed E-state index contributed by atoms with van der Waals surface area (Å²) < 4.78 is 0. The van der Waals surface area contributed by atoms with Gasteiger partial charge in [-0.1, -0.05) is 12.8 Å². The van der Waals surface area contributed by atoms with Crippen molar-refractivity contribution in [1.82, 2.24) is 10.6 Å². The summed E-state index contributed by atoms with van der Waals surface area (Å²) in [6.07, 6.45) is 3.65. The average molecular weight is 338 g/mol. The molecule has 0 unspecified atom stereocenters. The van der Waals surface area contributed by atoms with Crippen molar-refractivity contribution < 1.29 is 26.8 Å². The standard InChI is InChI=1S/C9H20N3.CH4O.CH3.2ClH.Ti/c1-4-10-6-2-8-12-9-3-7-11-5-1;1-2;;;;/h10-11H,1-9H2;2H,1H3;1H3;2*1H;/q-1;;-1;;;+2. The summed E-state index contributed by atoms with van der Waals surface area (Å²) in [6.45, 7) is 6.62. The molecule has 0 atom stereocenters. The topological polar surface area (TPSA) is 58.4 Å². The number of hydrogen-bond donors (Lipinski definition) is 3. The van der Waals surface area contributed by atoms with Crippen LogP contribution in [0.15, 0.2) is 0 Å². The zero-order valence-corrected chi connectivity index (χ0v) is 14.8. The van der Waals surface area contributed by atoms with Crippen molar-refractivity contribution in [2.75, 3.05) is 46.4 Å². The Balaban J connectivity index is -0.0000000894. The van der Waals surface area contributed by atoms with Gasteiger partial charge in [0.2, 0.25) is 0 Å². The van der Waals surface area contributed by atoms with Gasteiger partial charge in [-0.15, -0.1) is 37.9 Å². The SMILES string of the molecule is C1C[N-]CCCNCCCNC1.CO.Cl.Cl.[CH3-].[Ti+2]. The third kappa shape index (κ3) is 25.9. The van der Waals surface area contributed by atoms with E-state index in [1.165, 1.54) is 19.3 Å².